The monoisotopic (exact) mass is 344 g/mol. The molecular weight excluding hydrogens is 320 g/mol. The second kappa shape index (κ2) is 7.18. The van der Waals surface area contributed by atoms with Gasteiger partial charge in [-0.25, -0.2) is 4.79 Å². The van der Waals surface area contributed by atoms with Crippen molar-refractivity contribution in [2.75, 3.05) is 6.61 Å². The van der Waals surface area contributed by atoms with Crippen molar-refractivity contribution in [2.24, 2.45) is 0 Å². The maximum absolute atomic E-state index is 12.4. The molecule has 24 heavy (non-hydrogen) atoms. The summed E-state index contributed by atoms with van der Waals surface area (Å²) in [6.45, 7) is 12.1. The van der Waals surface area contributed by atoms with Crippen LogP contribution in [0.4, 0.5) is 0 Å². The lowest BCUT2D eigenvalue weighted by Crippen LogP contribution is -2.45. The molecule has 0 bridgehead atoms. The van der Waals surface area contributed by atoms with Crippen molar-refractivity contribution >= 4 is 23.3 Å². The average Bonchev–Trinajstić information content (AvgIpc) is 2.51. The van der Waals surface area contributed by atoms with Gasteiger partial charge in [0.15, 0.2) is 5.11 Å². The number of esters is 1. The van der Waals surface area contributed by atoms with E-state index in [2.05, 4.69) is 50.1 Å². The predicted molar refractivity (Wildman–Crippen MR) is 101 cm³/mol. The Bertz CT molecular complexity index is 684. The van der Waals surface area contributed by atoms with Crippen molar-refractivity contribution < 1.29 is 9.53 Å². The Labute approximate surface area is 149 Å². The maximum atomic E-state index is 12.4. The Hall–Kier alpha value is -2.14. The number of benzene rings is 1. The van der Waals surface area contributed by atoms with Gasteiger partial charge in [0.25, 0.3) is 0 Å². The normalized spacial score (nSPS) is 17.8. The molecule has 0 spiro atoms. The topological polar surface area (TPSA) is 50.4 Å². The van der Waals surface area contributed by atoms with E-state index >= 15 is 0 Å². The molecule has 0 fully saturated rings. The van der Waals surface area contributed by atoms with Crippen molar-refractivity contribution in [2.45, 2.75) is 39.2 Å². The van der Waals surface area contributed by atoms with Gasteiger partial charge in [0.05, 0.1) is 11.6 Å². The van der Waals surface area contributed by atoms with Gasteiger partial charge in [0.2, 0.25) is 0 Å². The number of hydrogen-bond acceptors (Lipinski definition) is 3. The third-order valence-electron chi connectivity index (χ3n) is 3.93. The summed E-state index contributed by atoms with van der Waals surface area (Å²) in [4.78, 5) is 12.4. The summed E-state index contributed by atoms with van der Waals surface area (Å²) in [5.74, 6) is -0.375. The van der Waals surface area contributed by atoms with Gasteiger partial charge in [-0.1, -0.05) is 57.7 Å². The molecule has 2 N–H and O–H groups in total. The first-order valence-corrected chi connectivity index (χ1v) is 8.31. The quantitative estimate of drug-likeness (QED) is 0.497. The average molecular weight is 344 g/mol. The first kappa shape index (κ1) is 18.2. The van der Waals surface area contributed by atoms with Crippen LogP contribution in [-0.2, 0) is 14.9 Å². The maximum Gasteiger partial charge on any atom is 0.338 e. The lowest BCUT2D eigenvalue weighted by Gasteiger charge is -2.30. The number of thiocarbonyl (C=S) groups is 1. The van der Waals surface area contributed by atoms with E-state index in [4.69, 9.17) is 17.0 Å². The predicted octanol–water partition coefficient (Wildman–Crippen LogP) is 3.51. The molecule has 4 nitrogen and oxygen atoms in total. The van der Waals surface area contributed by atoms with Crippen LogP contribution in [0.15, 0.2) is 48.2 Å². The molecule has 2 rings (SSSR count). The Balaban J connectivity index is 2.37. The molecule has 0 radical (unpaired) electrons. The first-order valence-electron chi connectivity index (χ1n) is 7.90. The summed E-state index contributed by atoms with van der Waals surface area (Å²) in [5.41, 5.74) is 3.52. The largest absolute Gasteiger partial charge is 0.458 e. The fourth-order valence-electron chi connectivity index (χ4n) is 2.60. The zero-order chi connectivity index (χ0) is 17.9. The van der Waals surface area contributed by atoms with Crippen LogP contribution in [0.5, 0.6) is 0 Å². The van der Waals surface area contributed by atoms with Crippen LogP contribution in [0, 0.1) is 0 Å². The SMILES string of the molecule is C=CCOC(=O)C1=C(C)NC(=S)N[C@H]1c1ccc(C(C)(C)C)cc1. The summed E-state index contributed by atoms with van der Waals surface area (Å²) in [5, 5.41) is 6.66. The van der Waals surface area contributed by atoms with Gasteiger partial charge < -0.3 is 15.4 Å². The molecule has 0 aliphatic carbocycles. The number of ether oxygens (including phenoxy) is 1. The summed E-state index contributed by atoms with van der Waals surface area (Å²) >= 11 is 5.25. The molecule has 0 aromatic heterocycles. The molecule has 5 heteroatoms. The molecule has 1 aliphatic rings. The number of carbonyl (C=O) groups excluding carboxylic acids is 1. The minimum Gasteiger partial charge on any atom is -0.458 e. The van der Waals surface area contributed by atoms with E-state index in [1.807, 2.05) is 19.1 Å². The van der Waals surface area contributed by atoms with Gasteiger partial charge in [-0.2, -0.15) is 0 Å². The smallest absolute Gasteiger partial charge is 0.338 e. The molecule has 1 atom stereocenters. The minimum atomic E-state index is -0.375. The van der Waals surface area contributed by atoms with Gasteiger partial charge in [-0.3, -0.25) is 0 Å². The number of rotatable bonds is 4. The van der Waals surface area contributed by atoms with Crippen molar-refractivity contribution in [3.05, 3.63) is 59.3 Å². The molecule has 1 heterocycles. The second-order valence-electron chi connectivity index (χ2n) is 6.83. The fourth-order valence-corrected chi connectivity index (χ4v) is 2.87. The number of nitrogens with one attached hydrogen (secondary N) is 2. The van der Waals surface area contributed by atoms with E-state index in [1.54, 1.807) is 6.08 Å². The van der Waals surface area contributed by atoms with Crippen molar-refractivity contribution in [1.29, 1.82) is 0 Å². The molecule has 0 amide bonds. The van der Waals surface area contributed by atoms with E-state index in [-0.39, 0.29) is 24.0 Å². The Kier molecular flexibility index (Phi) is 5.44. The highest BCUT2D eigenvalue weighted by molar-refractivity contribution is 7.80. The number of carbonyl (C=O) groups is 1. The molecule has 128 valence electrons. The van der Waals surface area contributed by atoms with Crippen LogP contribution in [0.3, 0.4) is 0 Å². The third kappa shape index (κ3) is 4.03. The molecule has 1 aromatic carbocycles. The van der Waals surface area contributed by atoms with Crippen molar-refractivity contribution in [3.63, 3.8) is 0 Å². The molecule has 1 aliphatic heterocycles. The Morgan fingerprint density at radius 3 is 2.50 bits per heavy atom. The standard InChI is InChI=1S/C19H24N2O2S/c1-6-11-23-17(22)15-12(2)20-18(24)21-16(15)13-7-9-14(10-8-13)19(3,4)5/h6-10,16H,1,11H2,2-5H3,(H2,20,21,24)/t16-/m0/s1. The van der Waals surface area contributed by atoms with Gasteiger partial charge >= 0.3 is 5.97 Å². The van der Waals surface area contributed by atoms with Crippen LogP contribution in [-0.4, -0.2) is 17.7 Å². The highest BCUT2D eigenvalue weighted by Crippen LogP contribution is 2.30. The third-order valence-corrected chi connectivity index (χ3v) is 4.15. The second-order valence-corrected chi connectivity index (χ2v) is 7.24. The van der Waals surface area contributed by atoms with Gasteiger partial charge in [-0.05, 0) is 35.7 Å². The van der Waals surface area contributed by atoms with E-state index in [0.717, 1.165) is 5.56 Å². The Morgan fingerprint density at radius 1 is 1.33 bits per heavy atom. The van der Waals surface area contributed by atoms with E-state index < -0.39 is 0 Å². The molecular formula is C19H24N2O2S. The van der Waals surface area contributed by atoms with Crippen LogP contribution < -0.4 is 10.6 Å². The van der Waals surface area contributed by atoms with Gasteiger partial charge in [-0.15, -0.1) is 0 Å². The van der Waals surface area contributed by atoms with E-state index in [9.17, 15) is 4.79 Å². The lowest BCUT2D eigenvalue weighted by atomic mass is 9.85. The van der Waals surface area contributed by atoms with Gasteiger partial charge in [0, 0.05) is 5.70 Å². The van der Waals surface area contributed by atoms with E-state index in [0.29, 0.717) is 16.4 Å². The molecule has 0 saturated heterocycles. The van der Waals surface area contributed by atoms with E-state index in [1.165, 1.54) is 5.56 Å². The first-order chi connectivity index (χ1) is 11.2. The van der Waals surface area contributed by atoms with Crippen molar-refractivity contribution in [1.82, 2.24) is 10.6 Å². The molecule has 0 saturated carbocycles. The number of allylic oxidation sites excluding steroid dienone is 1. The zero-order valence-electron chi connectivity index (χ0n) is 14.6. The van der Waals surface area contributed by atoms with Crippen LogP contribution in [0.2, 0.25) is 0 Å². The highest BCUT2D eigenvalue weighted by atomic mass is 32.1. The summed E-state index contributed by atoms with van der Waals surface area (Å²) in [6.07, 6.45) is 1.55. The highest BCUT2D eigenvalue weighted by Gasteiger charge is 2.31. The summed E-state index contributed by atoms with van der Waals surface area (Å²) in [6, 6.07) is 7.90. The summed E-state index contributed by atoms with van der Waals surface area (Å²) in [7, 11) is 0. The fraction of sp³-hybridized carbons (Fsp3) is 0.368. The van der Waals surface area contributed by atoms with Crippen LogP contribution >= 0.6 is 12.2 Å². The number of hydrogen-bond donors (Lipinski definition) is 2. The molecule has 0 unspecified atom stereocenters. The minimum absolute atomic E-state index is 0.0762. The lowest BCUT2D eigenvalue weighted by molar-refractivity contribution is -0.138. The van der Waals surface area contributed by atoms with Crippen LogP contribution in [0.1, 0.15) is 44.9 Å². The van der Waals surface area contributed by atoms with Crippen LogP contribution in [0.25, 0.3) is 0 Å². The van der Waals surface area contributed by atoms with Gasteiger partial charge in [0.1, 0.15) is 6.61 Å². The summed E-state index contributed by atoms with van der Waals surface area (Å²) < 4.78 is 5.23. The molecule has 1 aromatic rings. The Morgan fingerprint density at radius 2 is 1.96 bits per heavy atom. The zero-order valence-corrected chi connectivity index (χ0v) is 15.4. The van der Waals surface area contributed by atoms with Crippen molar-refractivity contribution in [3.8, 4) is 0 Å².